The molecule has 0 radical (unpaired) electrons. The number of phosphoric acid groups is 1. The van der Waals surface area contributed by atoms with Crippen LogP contribution in [0.3, 0.4) is 0 Å². The number of hydrogen-bond acceptors (Lipinski definition) is 9. The molecule has 0 aromatic rings. The Bertz CT molecular complexity index is 1160. The lowest BCUT2D eigenvalue weighted by Crippen LogP contribution is -2.29. The highest BCUT2D eigenvalue weighted by Crippen LogP contribution is 2.43. The van der Waals surface area contributed by atoms with E-state index in [0.717, 1.165) is 51.4 Å². The van der Waals surface area contributed by atoms with Crippen LogP contribution in [0.15, 0.2) is 60.8 Å². The van der Waals surface area contributed by atoms with Crippen LogP contribution in [0.4, 0.5) is 0 Å². The third-order valence-corrected chi connectivity index (χ3v) is 10.6. The second kappa shape index (κ2) is 43.7. The van der Waals surface area contributed by atoms with Crippen molar-refractivity contribution in [3.63, 3.8) is 0 Å². The van der Waals surface area contributed by atoms with Gasteiger partial charge in [-0.3, -0.25) is 18.6 Å². The molecule has 0 spiro atoms. The fourth-order valence-electron chi connectivity index (χ4n) is 6.12. The van der Waals surface area contributed by atoms with Crippen LogP contribution in [0.1, 0.15) is 194 Å². The topological polar surface area (TPSA) is 149 Å². The molecule has 10 nitrogen and oxygen atoms in total. The van der Waals surface area contributed by atoms with Gasteiger partial charge < -0.3 is 24.6 Å². The van der Waals surface area contributed by atoms with Gasteiger partial charge in [-0.05, 0) is 64.2 Å². The normalized spacial score (nSPS) is 14.3. The molecule has 2 unspecified atom stereocenters. The first-order valence-electron chi connectivity index (χ1n) is 23.2. The van der Waals surface area contributed by atoms with Crippen molar-refractivity contribution in [1.82, 2.24) is 0 Å². The smallest absolute Gasteiger partial charge is 0.462 e. The van der Waals surface area contributed by atoms with Crippen LogP contribution < -0.4 is 0 Å². The second-order valence-electron chi connectivity index (χ2n) is 15.4. The van der Waals surface area contributed by atoms with Crippen LogP contribution in [-0.4, -0.2) is 65.7 Å². The van der Waals surface area contributed by atoms with Gasteiger partial charge in [-0.25, -0.2) is 4.57 Å². The van der Waals surface area contributed by atoms with Crippen LogP contribution in [-0.2, 0) is 32.7 Å². The molecule has 0 heterocycles. The molecular formula is C48H85O10P. The Hall–Kier alpha value is -2.33. The molecule has 11 heteroatoms. The number of phosphoric ester groups is 1. The SMILES string of the molecule is CC/C=C/C/C=C/C/C=C/CCCCCCCCCCCCCCCC(=O)OCC(COP(=O)(O)OC[C@H](O)CO)OC(=O)CC/C=C/C/C=C/CCCCCCCC. The van der Waals surface area contributed by atoms with Crippen molar-refractivity contribution < 1.29 is 47.8 Å². The zero-order valence-electron chi connectivity index (χ0n) is 37.2. The van der Waals surface area contributed by atoms with E-state index in [9.17, 15) is 24.2 Å². The van der Waals surface area contributed by atoms with Crippen LogP contribution in [0.5, 0.6) is 0 Å². The molecule has 0 aliphatic heterocycles. The van der Waals surface area contributed by atoms with E-state index in [1.165, 1.54) is 103 Å². The fraction of sp³-hybridized carbons (Fsp3) is 0.750. The molecule has 3 atom stereocenters. The predicted octanol–water partition coefficient (Wildman–Crippen LogP) is 12.7. The first-order chi connectivity index (χ1) is 28.7. The first kappa shape index (κ1) is 56.7. The first-order valence-corrected chi connectivity index (χ1v) is 24.7. The van der Waals surface area contributed by atoms with Gasteiger partial charge in [0.2, 0.25) is 0 Å². The molecule has 3 N–H and O–H groups in total. The van der Waals surface area contributed by atoms with E-state index in [-0.39, 0.29) is 19.4 Å². The van der Waals surface area contributed by atoms with E-state index in [0.29, 0.717) is 12.8 Å². The number of allylic oxidation sites excluding steroid dienone is 10. The zero-order valence-corrected chi connectivity index (χ0v) is 38.1. The van der Waals surface area contributed by atoms with Gasteiger partial charge in [0.15, 0.2) is 6.10 Å². The summed E-state index contributed by atoms with van der Waals surface area (Å²) in [5.74, 6) is -1.00. The Kier molecular flexibility index (Phi) is 42.0. The monoisotopic (exact) mass is 853 g/mol. The van der Waals surface area contributed by atoms with Gasteiger partial charge in [0.05, 0.1) is 19.8 Å². The van der Waals surface area contributed by atoms with Crippen LogP contribution in [0.25, 0.3) is 0 Å². The maximum atomic E-state index is 12.6. The van der Waals surface area contributed by atoms with E-state index >= 15 is 0 Å². The van der Waals surface area contributed by atoms with E-state index in [4.69, 9.17) is 19.1 Å². The Labute approximate surface area is 359 Å². The van der Waals surface area contributed by atoms with E-state index in [1.54, 1.807) is 0 Å². The molecule has 0 bridgehead atoms. The summed E-state index contributed by atoms with van der Waals surface area (Å²) in [6.07, 6.45) is 49.3. The number of carbonyl (C=O) groups excluding carboxylic acids is 2. The zero-order chi connectivity index (χ0) is 43.3. The maximum Gasteiger partial charge on any atom is 0.472 e. The molecule has 0 fully saturated rings. The summed E-state index contributed by atoms with van der Waals surface area (Å²) in [4.78, 5) is 35.0. The summed E-state index contributed by atoms with van der Waals surface area (Å²) in [6.45, 7) is 2.20. The lowest BCUT2D eigenvalue weighted by atomic mass is 10.0. The van der Waals surface area contributed by atoms with Crippen LogP contribution in [0.2, 0.25) is 0 Å². The van der Waals surface area contributed by atoms with Crippen LogP contribution >= 0.6 is 7.82 Å². The fourth-order valence-corrected chi connectivity index (χ4v) is 6.91. The molecule has 0 aliphatic carbocycles. The van der Waals surface area contributed by atoms with Gasteiger partial charge in [0.1, 0.15) is 12.7 Å². The minimum Gasteiger partial charge on any atom is -0.462 e. The molecule has 342 valence electrons. The van der Waals surface area contributed by atoms with Crippen molar-refractivity contribution in [3.8, 4) is 0 Å². The summed E-state index contributed by atoms with van der Waals surface area (Å²) >= 11 is 0. The molecule has 0 aliphatic rings. The molecule has 0 saturated carbocycles. The van der Waals surface area contributed by atoms with E-state index < -0.39 is 51.8 Å². The van der Waals surface area contributed by atoms with Gasteiger partial charge in [0.25, 0.3) is 0 Å². The van der Waals surface area contributed by atoms with Gasteiger partial charge in [0, 0.05) is 12.8 Å². The van der Waals surface area contributed by atoms with E-state index in [1.807, 2.05) is 12.2 Å². The average Bonchev–Trinajstić information content (AvgIpc) is 3.22. The minimum absolute atomic E-state index is 0.0769. The summed E-state index contributed by atoms with van der Waals surface area (Å²) < 4.78 is 32.7. The lowest BCUT2D eigenvalue weighted by molar-refractivity contribution is -0.161. The van der Waals surface area contributed by atoms with E-state index in [2.05, 4.69) is 67.0 Å². The third-order valence-electron chi connectivity index (χ3n) is 9.67. The molecule has 0 aromatic carbocycles. The third kappa shape index (κ3) is 43.6. The number of ether oxygens (including phenoxy) is 2. The number of unbranched alkanes of at least 4 members (excludes halogenated alkanes) is 19. The number of rotatable bonds is 43. The summed E-state index contributed by atoms with van der Waals surface area (Å²) in [7, 11) is -4.63. The number of hydrogen-bond donors (Lipinski definition) is 3. The molecule has 0 saturated heterocycles. The number of carbonyl (C=O) groups is 2. The highest BCUT2D eigenvalue weighted by Gasteiger charge is 2.27. The van der Waals surface area contributed by atoms with Gasteiger partial charge in [-0.15, -0.1) is 0 Å². The van der Waals surface area contributed by atoms with Gasteiger partial charge in [-0.1, -0.05) is 177 Å². The van der Waals surface area contributed by atoms with Crippen molar-refractivity contribution >= 4 is 19.8 Å². The second-order valence-corrected chi connectivity index (χ2v) is 16.8. The van der Waals surface area contributed by atoms with Gasteiger partial charge in [-0.2, -0.15) is 0 Å². The minimum atomic E-state index is -4.63. The molecule has 0 aromatic heterocycles. The van der Waals surface area contributed by atoms with Crippen LogP contribution in [0, 0.1) is 0 Å². The Morgan fingerprint density at radius 2 is 0.966 bits per heavy atom. The summed E-state index contributed by atoms with van der Waals surface area (Å²) in [5, 5.41) is 18.3. The van der Waals surface area contributed by atoms with Crippen molar-refractivity contribution in [2.45, 2.75) is 206 Å². The van der Waals surface area contributed by atoms with Crippen molar-refractivity contribution in [2.75, 3.05) is 26.4 Å². The number of aliphatic hydroxyl groups is 2. The number of esters is 2. The van der Waals surface area contributed by atoms with Crippen molar-refractivity contribution in [2.24, 2.45) is 0 Å². The standard InChI is InChI=1S/C48H85O10P/c1-3-5-7-9-11-13-15-17-18-19-20-21-22-23-24-25-26-28-29-31-33-35-37-39-47(51)55-43-46(44-57-59(53,54)56-42-45(50)41-49)58-48(52)40-38-36-34-32-30-27-16-14-12-10-8-6-4-2/h5,7,11,13,17-18,27,30,34,36,45-46,49-50H,3-4,6,8-10,12,14-16,19-26,28-29,31-33,35,37-44H2,1-2H3,(H,53,54)/b7-5+,13-11+,18-17+,30-27+,36-34+/t45-,46?/m1/s1. The summed E-state index contributed by atoms with van der Waals surface area (Å²) in [6, 6.07) is 0. The van der Waals surface area contributed by atoms with Gasteiger partial charge >= 0.3 is 19.8 Å². The largest absolute Gasteiger partial charge is 0.472 e. The van der Waals surface area contributed by atoms with Crippen molar-refractivity contribution in [1.29, 1.82) is 0 Å². The Morgan fingerprint density at radius 3 is 1.47 bits per heavy atom. The molecular weight excluding hydrogens is 767 g/mol. The highest BCUT2D eigenvalue weighted by molar-refractivity contribution is 7.47. The highest BCUT2D eigenvalue weighted by atomic mass is 31.2. The maximum absolute atomic E-state index is 12.6. The Morgan fingerprint density at radius 1 is 0.525 bits per heavy atom. The average molecular weight is 853 g/mol. The quantitative estimate of drug-likeness (QED) is 0.0234. The lowest BCUT2D eigenvalue weighted by Gasteiger charge is -2.20. The molecule has 0 rings (SSSR count). The summed E-state index contributed by atoms with van der Waals surface area (Å²) in [5.41, 5.74) is 0. The Balaban J connectivity index is 4.21. The van der Waals surface area contributed by atoms with Crippen molar-refractivity contribution in [3.05, 3.63) is 60.8 Å². The molecule has 59 heavy (non-hydrogen) atoms. The molecule has 0 amide bonds. The number of aliphatic hydroxyl groups excluding tert-OH is 2. The predicted molar refractivity (Wildman–Crippen MR) is 242 cm³/mol.